The van der Waals surface area contributed by atoms with Gasteiger partial charge < -0.3 is 15.4 Å². The first-order chi connectivity index (χ1) is 13.1. The Bertz CT molecular complexity index is 902. The second kappa shape index (κ2) is 9.19. The Morgan fingerprint density at radius 2 is 1.70 bits per heavy atom. The average molecular weight is 429 g/mol. The van der Waals surface area contributed by atoms with Crippen molar-refractivity contribution in [3.63, 3.8) is 0 Å². The Kier molecular flexibility index (Phi) is 6.44. The zero-order valence-electron chi connectivity index (χ0n) is 14.4. The van der Waals surface area contributed by atoms with Crippen LogP contribution in [0, 0.1) is 5.82 Å². The molecule has 0 saturated carbocycles. The molecule has 0 aliphatic heterocycles. The summed E-state index contributed by atoms with van der Waals surface area (Å²) in [6.45, 7) is 0.533. The third-order valence-electron chi connectivity index (χ3n) is 3.75. The number of ether oxygens (including phenoxy) is 1. The van der Waals surface area contributed by atoms with Crippen molar-refractivity contribution < 1.29 is 13.9 Å². The summed E-state index contributed by atoms with van der Waals surface area (Å²) in [5.74, 6) is -0.0916. The molecule has 4 nitrogen and oxygen atoms in total. The van der Waals surface area contributed by atoms with Gasteiger partial charge in [0.2, 0.25) is 0 Å². The van der Waals surface area contributed by atoms with Gasteiger partial charge in [-0.25, -0.2) is 4.39 Å². The zero-order valence-corrected chi connectivity index (χ0v) is 16.0. The summed E-state index contributed by atoms with van der Waals surface area (Å²) in [7, 11) is 0. The fourth-order valence-electron chi connectivity index (χ4n) is 2.41. The van der Waals surface area contributed by atoms with E-state index in [0.717, 1.165) is 15.7 Å². The quantitative estimate of drug-likeness (QED) is 0.542. The van der Waals surface area contributed by atoms with Crippen molar-refractivity contribution in [3.8, 4) is 5.75 Å². The van der Waals surface area contributed by atoms with Crippen molar-refractivity contribution >= 4 is 33.2 Å². The third kappa shape index (κ3) is 5.82. The van der Waals surface area contributed by atoms with E-state index in [-0.39, 0.29) is 18.3 Å². The highest BCUT2D eigenvalue weighted by molar-refractivity contribution is 9.10. The van der Waals surface area contributed by atoms with Crippen LogP contribution in [0.2, 0.25) is 0 Å². The highest BCUT2D eigenvalue weighted by atomic mass is 79.9. The summed E-state index contributed by atoms with van der Waals surface area (Å²) < 4.78 is 19.2. The van der Waals surface area contributed by atoms with E-state index >= 15 is 0 Å². The molecule has 138 valence electrons. The molecule has 3 aromatic rings. The smallest absolute Gasteiger partial charge is 0.262 e. The van der Waals surface area contributed by atoms with Gasteiger partial charge in [-0.15, -0.1) is 0 Å². The monoisotopic (exact) mass is 428 g/mol. The Morgan fingerprint density at radius 3 is 2.41 bits per heavy atom. The Morgan fingerprint density at radius 1 is 0.963 bits per heavy atom. The number of rotatable bonds is 7. The van der Waals surface area contributed by atoms with Crippen molar-refractivity contribution in [2.24, 2.45) is 0 Å². The summed E-state index contributed by atoms with van der Waals surface area (Å²) in [5, 5.41) is 5.99. The van der Waals surface area contributed by atoms with Crippen LogP contribution in [0.1, 0.15) is 5.56 Å². The maximum absolute atomic E-state index is 12.9. The molecule has 0 fully saturated rings. The fourth-order valence-corrected chi connectivity index (χ4v) is 2.95. The fraction of sp³-hybridized carbons (Fsp3) is 0.0952. The van der Waals surface area contributed by atoms with Crippen molar-refractivity contribution in [2.75, 3.05) is 17.2 Å². The lowest BCUT2D eigenvalue weighted by Crippen LogP contribution is -2.20. The molecule has 6 heteroatoms. The Hall–Kier alpha value is -2.86. The molecule has 0 aliphatic rings. The molecule has 0 bridgehead atoms. The normalized spacial score (nSPS) is 10.3. The van der Waals surface area contributed by atoms with Crippen molar-refractivity contribution in [2.45, 2.75) is 6.54 Å². The van der Waals surface area contributed by atoms with Gasteiger partial charge in [0, 0.05) is 17.9 Å². The van der Waals surface area contributed by atoms with Gasteiger partial charge in [0.05, 0.1) is 4.47 Å². The first-order valence-electron chi connectivity index (χ1n) is 8.36. The van der Waals surface area contributed by atoms with E-state index in [1.54, 1.807) is 0 Å². The third-order valence-corrected chi connectivity index (χ3v) is 4.37. The van der Waals surface area contributed by atoms with Crippen LogP contribution in [-0.4, -0.2) is 12.5 Å². The van der Waals surface area contributed by atoms with Crippen LogP contribution < -0.4 is 15.4 Å². The maximum Gasteiger partial charge on any atom is 0.262 e. The number of hydrogen-bond donors (Lipinski definition) is 2. The van der Waals surface area contributed by atoms with E-state index in [9.17, 15) is 9.18 Å². The molecule has 0 heterocycles. The molecule has 2 N–H and O–H groups in total. The van der Waals surface area contributed by atoms with Crippen molar-refractivity contribution in [1.29, 1.82) is 0 Å². The van der Waals surface area contributed by atoms with Crippen LogP contribution in [0.25, 0.3) is 0 Å². The first kappa shape index (κ1) is 18.9. The molecule has 0 aromatic heterocycles. The van der Waals surface area contributed by atoms with Gasteiger partial charge in [-0.3, -0.25) is 4.79 Å². The molecule has 27 heavy (non-hydrogen) atoms. The zero-order chi connectivity index (χ0) is 19.1. The van der Waals surface area contributed by atoms with Gasteiger partial charge in [0.1, 0.15) is 11.6 Å². The van der Waals surface area contributed by atoms with Crippen LogP contribution >= 0.6 is 15.9 Å². The lowest BCUT2D eigenvalue weighted by molar-refractivity contribution is -0.118. The number of para-hydroxylation sites is 1. The van der Waals surface area contributed by atoms with Gasteiger partial charge in [-0.2, -0.15) is 0 Å². The van der Waals surface area contributed by atoms with Crippen LogP contribution in [0.4, 0.5) is 15.8 Å². The summed E-state index contributed by atoms with van der Waals surface area (Å²) in [6.07, 6.45) is 0. The van der Waals surface area contributed by atoms with E-state index in [0.29, 0.717) is 18.0 Å². The number of halogens is 2. The number of hydrogen-bond acceptors (Lipinski definition) is 3. The number of benzene rings is 3. The molecular formula is C21H18BrFN2O2. The van der Waals surface area contributed by atoms with Crippen LogP contribution in [0.3, 0.4) is 0 Å². The molecule has 0 unspecified atom stereocenters. The minimum absolute atomic E-state index is 0.141. The van der Waals surface area contributed by atoms with Crippen LogP contribution in [0.5, 0.6) is 5.75 Å². The lowest BCUT2D eigenvalue weighted by atomic mass is 10.2. The van der Waals surface area contributed by atoms with Crippen LogP contribution in [-0.2, 0) is 11.3 Å². The molecule has 3 rings (SSSR count). The highest BCUT2D eigenvalue weighted by Crippen LogP contribution is 2.26. The molecular weight excluding hydrogens is 411 g/mol. The largest absolute Gasteiger partial charge is 0.483 e. The summed E-state index contributed by atoms with van der Waals surface area (Å²) >= 11 is 3.47. The summed E-state index contributed by atoms with van der Waals surface area (Å²) in [4.78, 5) is 12.0. The predicted octanol–water partition coefficient (Wildman–Crippen LogP) is 5.22. The number of carbonyl (C=O) groups excluding carboxylic acids is 1. The molecule has 0 saturated heterocycles. The standard InChI is InChI=1S/C21H18BrFN2O2/c22-19-12-15(13-24-17-4-2-1-3-5-17)6-11-20(19)27-14-21(26)25-18-9-7-16(23)8-10-18/h1-12,24H,13-14H2,(H,25,26). The van der Waals surface area contributed by atoms with Crippen molar-refractivity contribution in [1.82, 2.24) is 0 Å². The molecule has 1 amide bonds. The second-order valence-electron chi connectivity index (χ2n) is 5.83. The van der Waals surface area contributed by atoms with E-state index in [4.69, 9.17) is 4.74 Å². The highest BCUT2D eigenvalue weighted by Gasteiger charge is 2.07. The molecule has 0 spiro atoms. The van der Waals surface area contributed by atoms with Crippen LogP contribution in [0.15, 0.2) is 77.3 Å². The molecule has 3 aromatic carbocycles. The Balaban J connectivity index is 1.51. The van der Waals surface area contributed by atoms with Gasteiger partial charge in [-0.05, 0) is 70.0 Å². The number of nitrogens with one attached hydrogen (secondary N) is 2. The number of anilines is 2. The van der Waals surface area contributed by atoms with Gasteiger partial charge in [0.25, 0.3) is 5.91 Å². The summed E-state index contributed by atoms with van der Waals surface area (Å²) in [6, 6.07) is 21.2. The molecule has 0 atom stereocenters. The topological polar surface area (TPSA) is 50.4 Å². The predicted molar refractivity (Wildman–Crippen MR) is 108 cm³/mol. The molecule has 0 radical (unpaired) electrons. The number of carbonyl (C=O) groups is 1. The van der Waals surface area contributed by atoms with E-state index < -0.39 is 0 Å². The first-order valence-corrected chi connectivity index (χ1v) is 9.15. The van der Waals surface area contributed by atoms with Gasteiger partial charge in [0.15, 0.2) is 6.61 Å². The van der Waals surface area contributed by atoms with Crippen molar-refractivity contribution in [3.05, 3.63) is 88.6 Å². The SMILES string of the molecule is O=C(COc1ccc(CNc2ccccc2)cc1Br)Nc1ccc(F)cc1. The molecule has 0 aliphatic carbocycles. The van der Waals surface area contributed by atoms with E-state index in [2.05, 4.69) is 26.6 Å². The minimum Gasteiger partial charge on any atom is -0.483 e. The Labute approximate surface area is 165 Å². The van der Waals surface area contributed by atoms with E-state index in [1.165, 1.54) is 24.3 Å². The maximum atomic E-state index is 12.9. The second-order valence-corrected chi connectivity index (χ2v) is 6.68. The minimum atomic E-state index is -0.352. The van der Waals surface area contributed by atoms with Gasteiger partial charge in [-0.1, -0.05) is 24.3 Å². The van der Waals surface area contributed by atoms with E-state index in [1.807, 2.05) is 48.5 Å². The lowest BCUT2D eigenvalue weighted by Gasteiger charge is -2.11. The average Bonchev–Trinajstić information content (AvgIpc) is 2.68. The number of amides is 1. The van der Waals surface area contributed by atoms with Gasteiger partial charge >= 0.3 is 0 Å². The summed E-state index contributed by atoms with van der Waals surface area (Å²) in [5.41, 5.74) is 2.65.